The van der Waals surface area contributed by atoms with Gasteiger partial charge in [-0.05, 0) is 13.8 Å². The highest BCUT2D eigenvalue weighted by Crippen LogP contribution is 1.94. The van der Waals surface area contributed by atoms with Crippen LogP contribution in [0.25, 0.3) is 0 Å². The minimum atomic E-state index is -0.352. The third kappa shape index (κ3) is 3.05. The average molecular weight is 116 g/mol. The molecule has 48 valence electrons. The summed E-state index contributed by atoms with van der Waals surface area (Å²) in [6, 6.07) is 0. The van der Waals surface area contributed by atoms with Gasteiger partial charge in [0, 0.05) is 0 Å². The highest BCUT2D eigenvalue weighted by atomic mass is 16.5. The van der Waals surface area contributed by atoms with Crippen LogP contribution in [0.2, 0.25) is 6.82 Å². The zero-order valence-electron chi connectivity index (χ0n) is 5.72. The minimum Gasteiger partial charge on any atom is -0.435 e. The van der Waals surface area contributed by atoms with Gasteiger partial charge in [0.2, 0.25) is 0 Å². The molecule has 0 saturated carbocycles. The molecule has 0 heterocycles. The molecule has 0 bridgehead atoms. The Labute approximate surface area is 51.1 Å². The zero-order chi connectivity index (χ0) is 6.57. The summed E-state index contributed by atoms with van der Waals surface area (Å²) in [5.74, 6) is 0. The quantitative estimate of drug-likeness (QED) is 0.532. The molecule has 8 heavy (non-hydrogen) atoms. The number of hydrogen-bond donors (Lipinski definition) is 1. The Balaban J connectivity index is 3.17. The normalized spacial score (nSPS) is 17.5. The SMILES string of the molecule is CBOC(C)C(C)O. The molecular formula is C5H13BO2. The summed E-state index contributed by atoms with van der Waals surface area (Å²) >= 11 is 0. The first-order valence-electron chi connectivity index (χ1n) is 2.98. The number of aliphatic hydroxyl groups is 1. The van der Waals surface area contributed by atoms with E-state index in [4.69, 9.17) is 9.76 Å². The van der Waals surface area contributed by atoms with E-state index in [1.807, 2.05) is 13.7 Å². The lowest BCUT2D eigenvalue weighted by Crippen LogP contribution is -2.23. The highest BCUT2D eigenvalue weighted by molar-refractivity contribution is 6.24. The van der Waals surface area contributed by atoms with E-state index < -0.39 is 0 Å². The lowest BCUT2D eigenvalue weighted by atomic mass is 10.1. The Bertz CT molecular complexity index is 56.4. The molecule has 0 fully saturated rings. The fourth-order valence-electron chi connectivity index (χ4n) is 0.402. The van der Waals surface area contributed by atoms with Crippen LogP contribution in [0.4, 0.5) is 0 Å². The fourth-order valence-corrected chi connectivity index (χ4v) is 0.402. The van der Waals surface area contributed by atoms with Crippen LogP contribution in [-0.2, 0) is 4.65 Å². The summed E-state index contributed by atoms with van der Waals surface area (Å²) in [4.78, 5) is 0. The van der Waals surface area contributed by atoms with Crippen LogP contribution in [0.15, 0.2) is 0 Å². The van der Waals surface area contributed by atoms with Gasteiger partial charge in [0.05, 0.1) is 12.2 Å². The van der Waals surface area contributed by atoms with Gasteiger partial charge in [-0.15, -0.1) is 0 Å². The van der Waals surface area contributed by atoms with Crippen molar-refractivity contribution in [2.75, 3.05) is 0 Å². The molecule has 2 nitrogen and oxygen atoms in total. The molecule has 2 unspecified atom stereocenters. The number of aliphatic hydroxyl groups excluding tert-OH is 1. The van der Waals surface area contributed by atoms with E-state index in [-0.39, 0.29) is 12.2 Å². The largest absolute Gasteiger partial charge is 0.435 e. The van der Waals surface area contributed by atoms with Gasteiger partial charge in [-0.1, -0.05) is 6.82 Å². The summed E-state index contributed by atoms with van der Waals surface area (Å²) in [6.07, 6.45) is -0.380. The molecule has 0 aromatic heterocycles. The van der Waals surface area contributed by atoms with E-state index >= 15 is 0 Å². The summed E-state index contributed by atoms with van der Waals surface area (Å²) < 4.78 is 5.05. The molecule has 0 aromatic rings. The van der Waals surface area contributed by atoms with Gasteiger partial charge in [-0.2, -0.15) is 0 Å². The van der Waals surface area contributed by atoms with Crippen LogP contribution < -0.4 is 0 Å². The second-order valence-electron chi connectivity index (χ2n) is 1.90. The molecule has 0 radical (unpaired) electrons. The second-order valence-corrected chi connectivity index (χ2v) is 1.90. The lowest BCUT2D eigenvalue weighted by molar-refractivity contribution is 0.0635. The molecule has 0 aliphatic carbocycles. The van der Waals surface area contributed by atoms with E-state index in [1.165, 1.54) is 0 Å². The van der Waals surface area contributed by atoms with Gasteiger partial charge in [-0.3, -0.25) is 0 Å². The van der Waals surface area contributed by atoms with Crippen molar-refractivity contribution >= 4 is 7.48 Å². The van der Waals surface area contributed by atoms with Gasteiger partial charge in [0.25, 0.3) is 7.48 Å². The standard InChI is InChI=1S/C5H13BO2/c1-4(7)5(2)8-6-3/h4-7H,1-3H3. The Morgan fingerprint density at radius 1 is 1.50 bits per heavy atom. The molecule has 0 amide bonds. The van der Waals surface area contributed by atoms with Gasteiger partial charge >= 0.3 is 0 Å². The average Bonchev–Trinajstić information content (AvgIpc) is 1.67. The van der Waals surface area contributed by atoms with E-state index in [0.717, 1.165) is 0 Å². The van der Waals surface area contributed by atoms with E-state index in [9.17, 15) is 0 Å². The molecule has 0 aromatic carbocycles. The van der Waals surface area contributed by atoms with E-state index in [0.29, 0.717) is 7.48 Å². The Morgan fingerprint density at radius 2 is 2.00 bits per heavy atom. The molecule has 0 saturated heterocycles. The second kappa shape index (κ2) is 3.92. The van der Waals surface area contributed by atoms with E-state index in [1.54, 1.807) is 6.92 Å². The van der Waals surface area contributed by atoms with Crippen molar-refractivity contribution in [3.8, 4) is 0 Å². The third-order valence-corrected chi connectivity index (χ3v) is 1.11. The third-order valence-electron chi connectivity index (χ3n) is 1.11. The molecule has 0 aliphatic rings. The molecule has 2 atom stereocenters. The van der Waals surface area contributed by atoms with Crippen molar-refractivity contribution in [2.24, 2.45) is 0 Å². The molecule has 0 aliphatic heterocycles. The lowest BCUT2D eigenvalue weighted by Gasteiger charge is -2.13. The van der Waals surface area contributed by atoms with Gasteiger partial charge in [0.15, 0.2) is 0 Å². The zero-order valence-corrected chi connectivity index (χ0v) is 5.72. The maximum Gasteiger partial charge on any atom is 0.272 e. The van der Waals surface area contributed by atoms with Crippen molar-refractivity contribution in [1.82, 2.24) is 0 Å². The molecule has 0 spiro atoms. The highest BCUT2D eigenvalue weighted by Gasteiger charge is 2.05. The van der Waals surface area contributed by atoms with Crippen molar-refractivity contribution in [3.63, 3.8) is 0 Å². The van der Waals surface area contributed by atoms with Gasteiger partial charge < -0.3 is 9.76 Å². The van der Waals surface area contributed by atoms with Crippen LogP contribution in [0, 0.1) is 0 Å². The van der Waals surface area contributed by atoms with E-state index in [2.05, 4.69) is 0 Å². The van der Waals surface area contributed by atoms with Crippen molar-refractivity contribution in [3.05, 3.63) is 0 Å². The first-order chi connectivity index (χ1) is 3.68. The summed E-state index contributed by atoms with van der Waals surface area (Å²) in [5, 5.41) is 8.83. The fraction of sp³-hybridized carbons (Fsp3) is 1.00. The predicted molar refractivity (Wildman–Crippen MR) is 35.2 cm³/mol. The van der Waals surface area contributed by atoms with Gasteiger partial charge in [0.1, 0.15) is 0 Å². The Hall–Kier alpha value is -0.0151. The van der Waals surface area contributed by atoms with Crippen LogP contribution in [-0.4, -0.2) is 24.8 Å². The monoisotopic (exact) mass is 116 g/mol. The van der Waals surface area contributed by atoms with Crippen LogP contribution in [0.5, 0.6) is 0 Å². The predicted octanol–water partition coefficient (Wildman–Crippen LogP) is 0.172. The first-order valence-corrected chi connectivity index (χ1v) is 2.98. The molecular weight excluding hydrogens is 103 g/mol. The summed E-state index contributed by atoms with van der Waals surface area (Å²) in [6.45, 7) is 5.49. The van der Waals surface area contributed by atoms with Crippen molar-refractivity contribution in [1.29, 1.82) is 0 Å². The number of rotatable bonds is 3. The molecule has 0 rings (SSSR count). The summed E-state index contributed by atoms with van der Waals surface area (Å²) in [5.41, 5.74) is 0. The van der Waals surface area contributed by atoms with Crippen LogP contribution in [0.3, 0.4) is 0 Å². The van der Waals surface area contributed by atoms with Gasteiger partial charge in [-0.25, -0.2) is 0 Å². The minimum absolute atomic E-state index is 0.0278. The number of hydrogen-bond acceptors (Lipinski definition) is 2. The summed E-state index contributed by atoms with van der Waals surface area (Å²) in [7, 11) is 0.673. The van der Waals surface area contributed by atoms with Crippen molar-refractivity contribution < 1.29 is 9.76 Å². The smallest absolute Gasteiger partial charge is 0.272 e. The Morgan fingerprint density at radius 3 is 2.12 bits per heavy atom. The first kappa shape index (κ1) is 7.98. The molecule has 1 N–H and O–H groups in total. The maximum absolute atomic E-state index is 8.83. The van der Waals surface area contributed by atoms with Crippen molar-refractivity contribution in [2.45, 2.75) is 32.9 Å². The maximum atomic E-state index is 8.83. The molecule has 3 heteroatoms. The van der Waals surface area contributed by atoms with Crippen LogP contribution >= 0.6 is 0 Å². The Kier molecular flexibility index (Phi) is 3.92. The topological polar surface area (TPSA) is 29.5 Å². The van der Waals surface area contributed by atoms with Crippen LogP contribution in [0.1, 0.15) is 13.8 Å².